The Morgan fingerprint density at radius 3 is 2.30 bits per heavy atom. The molecule has 0 aromatic heterocycles. The third-order valence-electron chi connectivity index (χ3n) is 9.92. The number of nitrogens with one attached hydrogen (secondary N) is 1. The Balaban J connectivity index is 2.44. The lowest BCUT2D eigenvalue weighted by molar-refractivity contribution is -0.170. The lowest BCUT2D eigenvalue weighted by Crippen LogP contribution is -2.47. The van der Waals surface area contributed by atoms with Crippen LogP contribution in [0.1, 0.15) is 80.2 Å². The quantitative estimate of drug-likeness (QED) is 0.0711. The minimum Gasteiger partial charge on any atom is -0.493 e. The molecule has 0 radical (unpaired) electrons. The smallest absolute Gasteiger partial charge is 0.409 e. The summed E-state index contributed by atoms with van der Waals surface area (Å²) in [7, 11) is 3.22. The van der Waals surface area contributed by atoms with Crippen LogP contribution in [0.5, 0.6) is 11.5 Å². The predicted octanol–water partition coefficient (Wildman–Crippen LogP) is 4.62. The molecule has 1 heterocycles. The van der Waals surface area contributed by atoms with Crippen molar-refractivity contribution in [2.75, 3.05) is 54.0 Å². The van der Waals surface area contributed by atoms with Gasteiger partial charge in [0.25, 0.3) is 0 Å². The van der Waals surface area contributed by atoms with E-state index in [0.717, 1.165) is 5.56 Å². The minimum atomic E-state index is -1.24. The van der Waals surface area contributed by atoms with Gasteiger partial charge in [0, 0.05) is 39.2 Å². The molecule has 6 atom stereocenters. The zero-order chi connectivity index (χ0) is 40.6. The number of carbonyl (C=O) groups excluding carboxylic acids is 3. The summed E-state index contributed by atoms with van der Waals surface area (Å²) in [6, 6.07) is 5.09. The van der Waals surface area contributed by atoms with Crippen LogP contribution in [0.2, 0.25) is 0 Å². The van der Waals surface area contributed by atoms with Crippen LogP contribution in [0, 0.1) is 29.1 Å². The number of rotatable bonds is 25. The van der Waals surface area contributed by atoms with E-state index in [1.54, 1.807) is 35.0 Å². The Bertz CT molecular complexity index is 1340. The number of methoxy groups -OCH3 is 2. The van der Waals surface area contributed by atoms with Crippen molar-refractivity contribution in [3.63, 3.8) is 0 Å². The standard InChI is InChI=1S/C39H65N3O12/c1-11-50-23-53-26(6)36(44)52-21-34-42(38(46)47)30(32(54-34)20-29(25(4)5)35(43)41-22-39(7,8)37(40)45)19-28(24(2)3)17-27-13-14-31(49-10)33(18-27)51-16-12-15-48-9/h13-14,18,24-26,28-30,32,34H,11-12,15-17,19-23H2,1-10H3,(H2,40,45)(H,41,43)(H,46,47)/t26-,28-,29-,30-,32-,34?/m0/s1. The number of esters is 1. The molecule has 3 amide bonds. The number of hydrogen-bond donors (Lipinski definition) is 3. The number of primary amides is 1. The molecular weight excluding hydrogens is 702 g/mol. The molecule has 2 rings (SSSR count). The second kappa shape index (κ2) is 22.7. The number of nitrogens with zero attached hydrogens (tertiary/aromatic N) is 1. The molecule has 0 spiro atoms. The van der Waals surface area contributed by atoms with E-state index in [-0.39, 0.29) is 50.0 Å². The summed E-state index contributed by atoms with van der Waals surface area (Å²) in [6.07, 6.45) is -2.18. The van der Waals surface area contributed by atoms with Crippen LogP contribution in [0.3, 0.4) is 0 Å². The predicted molar refractivity (Wildman–Crippen MR) is 201 cm³/mol. The second-order valence-electron chi connectivity index (χ2n) is 15.1. The second-order valence-corrected chi connectivity index (χ2v) is 15.1. The number of carboxylic acid groups (broad SMARTS) is 1. The van der Waals surface area contributed by atoms with E-state index in [1.807, 2.05) is 32.0 Å². The van der Waals surface area contributed by atoms with Crippen molar-refractivity contribution in [1.82, 2.24) is 10.2 Å². The summed E-state index contributed by atoms with van der Waals surface area (Å²) in [4.78, 5) is 52.6. The summed E-state index contributed by atoms with van der Waals surface area (Å²) < 4.78 is 39.2. The zero-order valence-corrected chi connectivity index (χ0v) is 33.9. The first-order valence-corrected chi connectivity index (χ1v) is 18.9. The van der Waals surface area contributed by atoms with Crippen molar-refractivity contribution in [2.45, 2.75) is 106 Å². The summed E-state index contributed by atoms with van der Waals surface area (Å²) in [6.45, 7) is 15.6. The van der Waals surface area contributed by atoms with E-state index in [4.69, 9.17) is 38.9 Å². The van der Waals surface area contributed by atoms with E-state index < -0.39 is 53.8 Å². The monoisotopic (exact) mass is 767 g/mol. The molecule has 1 fully saturated rings. The highest BCUT2D eigenvalue weighted by atomic mass is 16.7. The SMILES string of the molecule is CCOCO[C@@H](C)C(=O)OCC1O[C@@H](C[C@H](C(=O)NCC(C)(C)C(N)=O)C(C)C)[C@H](C[C@H](Cc2ccc(OC)c(OCCCOC)c2)C(C)C)N1C(=O)O. The summed E-state index contributed by atoms with van der Waals surface area (Å²) in [5.41, 5.74) is 5.56. The third-order valence-corrected chi connectivity index (χ3v) is 9.92. The lowest BCUT2D eigenvalue weighted by atomic mass is 9.80. The number of benzene rings is 1. The average Bonchev–Trinajstić information content (AvgIpc) is 3.46. The van der Waals surface area contributed by atoms with Crippen LogP contribution >= 0.6 is 0 Å². The number of amides is 3. The van der Waals surface area contributed by atoms with E-state index in [1.165, 1.54) is 11.8 Å². The van der Waals surface area contributed by atoms with Crippen LogP contribution in [-0.2, 0) is 44.5 Å². The molecule has 1 aliphatic heterocycles. The molecule has 1 saturated heterocycles. The van der Waals surface area contributed by atoms with E-state index in [2.05, 4.69) is 19.2 Å². The van der Waals surface area contributed by atoms with Gasteiger partial charge in [-0.1, -0.05) is 33.8 Å². The van der Waals surface area contributed by atoms with E-state index in [0.29, 0.717) is 50.6 Å². The molecule has 15 nitrogen and oxygen atoms in total. The molecule has 4 N–H and O–H groups in total. The first-order chi connectivity index (χ1) is 25.5. The largest absolute Gasteiger partial charge is 0.493 e. The molecule has 0 aliphatic carbocycles. The van der Waals surface area contributed by atoms with Gasteiger partial charge in [-0.25, -0.2) is 9.59 Å². The Morgan fingerprint density at radius 1 is 1.02 bits per heavy atom. The van der Waals surface area contributed by atoms with Crippen molar-refractivity contribution in [1.29, 1.82) is 0 Å². The Kier molecular flexibility index (Phi) is 19.5. The van der Waals surface area contributed by atoms with E-state index >= 15 is 0 Å². The van der Waals surface area contributed by atoms with Gasteiger partial charge in [-0.2, -0.15) is 0 Å². The van der Waals surface area contributed by atoms with Gasteiger partial charge in [-0.3, -0.25) is 14.5 Å². The number of hydrogen-bond acceptors (Lipinski definition) is 11. The van der Waals surface area contributed by atoms with Crippen LogP contribution < -0.4 is 20.5 Å². The molecule has 0 saturated carbocycles. The van der Waals surface area contributed by atoms with Crippen LogP contribution in [-0.4, -0.2) is 112 Å². The molecule has 0 bridgehead atoms. The molecular formula is C39H65N3O12. The average molecular weight is 768 g/mol. The maximum absolute atomic E-state index is 13.6. The maximum atomic E-state index is 13.6. The van der Waals surface area contributed by atoms with Gasteiger partial charge in [0.1, 0.15) is 13.4 Å². The topological polar surface area (TPSA) is 194 Å². The Labute approximate surface area is 320 Å². The van der Waals surface area contributed by atoms with Crippen molar-refractivity contribution < 1.29 is 57.4 Å². The van der Waals surface area contributed by atoms with Crippen molar-refractivity contribution in [3.05, 3.63) is 23.8 Å². The van der Waals surface area contributed by atoms with Crippen molar-refractivity contribution in [2.24, 2.45) is 34.8 Å². The van der Waals surface area contributed by atoms with Gasteiger partial charge < -0.3 is 49.3 Å². The van der Waals surface area contributed by atoms with Gasteiger partial charge >= 0.3 is 12.1 Å². The third kappa shape index (κ3) is 14.2. The fourth-order valence-electron chi connectivity index (χ4n) is 6.19. The first-order valence-electron chi connectivity index (χ1n) is 18.9. The normalized spacial score (nSPS) is 19.0. The van der Waals surface area contributed by atoms with Crippen molar-refractivity contribution >= 4 is 23.9 Å². The Hall–Kier alpha value is -3.66. The first kappa shape index (κ1) is 46.5. The van der Waals surface area contributed by atoms with Gasteiger partial charge in [-0.15, -0.1) is 0 Å². The molecule has 1 aromatic carbocycles. The number of ether oxygens (including phenoxy) is 7. The molecule has 54 heavy (non-hydrogen) atoms. The number of carbonyl (C=O) groups is 4. The molecule has 1 unspecified atom stereocenters. The summed E-state index contributed by atoms with van der Waals surface area (Å²) >= 11 is 0. The molecule has 308 valence electrons. The highest BCUT2D eigenvalue weighted by Gasteiger charge is 2.48. The van der Waals surface area contributed by atoms with Crippen LogP contribution in [0.25, 0.3) is 0 Å². The highest BCUT2D eigenvalue weighted by molar-refractivity contribution is 5.83. The summed E-state index contributed by atoms with van der Waals surface area (Å²) in [5, 5.41) is 13.5. The van der Waals surface area contributed by atoms with E-state index in [9.17, 15) is 24.3 Å². The minimum absolute atomic E-state index is 0.0336. The zero-order valence-electron chi connectivity index (χ0n) is 33.9. The van der Waals surface area contributed by atoms with Gasteiger partial charge in [0.2, 0.25) is 11.8 Å². The fraction of sp³-hybridized carbons (Fsp3) is 0.744. The van der Waals surface area contributed by atoms with Gasteiger partial charge in [0.05, 0.1) is 31.3 Å². The van der Waals surface area contributed by atoms with Crippen molar-refractivity contribution in [3.8, 4) is 11.5 Å². The fourth-order valence-corrected chi connectivity index (χ4v) is 6.19. The van der Waals surface area contributed by atoms with Crippen LogP contribution in [0.4, 0.5) is 4.79 Å². The Morgan fingerprint density at radius 2 is 1.72 bits per heavy atom. The maximum Gasteiger partial charge on any atom is 0.409 e. The van der Waals surface area contributed by atoms with Gasteiger partial charge in [0.15, 0.2) is 23.8 Å². The molecule has 1 aliphatic rings. The summed E-state index contributed by atoms with van der Waals surface area (Å²) in [5.74, 6) is -0.996. The van der Waals surface area contributed by atoms with Crippen LogP contribution in [0.15, 0.2) is 18.2 Å². The number of nitrogens with two attached hydrogens (primary N) is 1. The lowest BCUT2D eigenvalue weighted by Gasteiger charge is -2.33. The highest BCUT2D eigenvalue weighted by Crippen LogP contribution is 2.37. The van der Waals surface area contributed by atoms with Gasteiger partial charge in [-0.05, 0) is 82.4 Å². The molecule has 15 heteroatoms. The molecule has 1 aromatic rings.